The molecule has 0 aliphatic carbocycles. The Morgan fingerprint density at radius 2 is 1.88 bits per heavy atom. The Labute approximate surface area is 93.5 Å². The van der Waals surface area contributed by atoms with E-state index >= 15 is 0 Å². The lowest BCUT2D eigenvalue weighted by molar-refractivity contribution is 0.0226. The predicted molar refractivity (Wildman–Crippen MR) is 58.8 cm³/mol. The molecule has 0 radical (unpaired) electrons. The topological polar surface area (TPSA) is 43.1 Å². The highest BCUT2D eigenvalue weighted by molar-refractivity contribution is 5.96. The molecule has 2 nitrogen and oxygen atoms in total. The molecule has 1 aromatic rings. The van der Waals surface area contributed by atoms with E-state index in [1.807, 2.05) is 0 Å². The predicted octanol–water partition coefficient (Wildman–Crippen LogP) is 2.42. The second-order valence-corrected chi connectivity index (χ2v) is 3.91. The lowest BCUT2D eigenvalue weighted by atomic mass is 10.0. The van der Waals surface area contributed by atoms with Gasteiger partial charge in [0, 0.05) is 18.4 Å². The van der Waals surface area contributed by atoms with E-state index < -0.39 is 5.92 Å². The van der Waals surface area contributed by atoms with Gasteiger partial charge in [0.05, 0.1) is 0 Å². The Kier molecular flexibility index (Phi) is 4.12. The van der Waals surface area contributed by atoms with Crippen molar-refractivity contribution in [2.45, 2.75) is 25.7 Å². The lowest BCUT2D eigenvalue weighted by Gasteiger charge is -2.10. The highest BCUT2D eigenvalue weighted by Crippen LogP contribution is 2.19. The standard InChI is InChI=1S/C12H15F2NO/c1-12(13,14)8-9-2-4-10(5-3-9)11(16)6-7-15/h2-5H,6-8,15H2,1H3. The molecule has 1 rings (SSSR count). The van der Waals surface area contributed by atoms with Crippen LogP contribution in [0.3, 0.4) is 0 Å². The fourth-order valence-electron chi connectivity index (χ4n) is 1.44. The number of hydrogen-bond donors (Lipinski definition) is 1. The number of Topliss-reactive ketones (excluding diaryl/α,β-unsaturated/α-hetero) is 1. The zero-order valence-electron chi connectivity index (χ0n) is 9.17. The largest absolute Gasteiger partial charge is 0.330 e. The molecule has 88 valence electrons. The van der Waals surface area contributed by atoms with Crippen LogP contribution < -0.4 is 5.73 Å². The van der Waals surface area contributed by atoms with Crippen LogP contribution in [0.4, 0.5) is 8.78 Å². The first-order chi connectivity index (χ1) is 7.42. The molecule has 0 fully saturated rings. The Balaban J connectivity index is 2.72. The van der Waals surface area contributed by atoms with Crippen LogP contribution in [0.15, 0.2) is 24.3 Å². The first kappa shape index (κ1) is 12.8. The van der Waals surface area contributed by atoms with E-state index in [1.165, 1.54) is 0 Å². The van der Waals surface area contributed by atoms with Gasteiger partial charge in [0.15, 0.2) is 5.78 Å². The maximum atomic E-state index is 12.7. The summed E-state index contributed by atoms with van der Waals surface area (Å²) in [4.78, 5) is 11.4. The highest BCUT2D eigenvalue weighted by atomic mass is 19.3. The number of ketones is 1. The maximum Gasteiger partial charge on any atom is 0.249 e. The van der Waals surface area contributed by atoms with Crippen molar-refractivity contribution >= 4 is 5.78 Å². The Morgan fingerprint density at radius 3 is 2.31 bits per heavy atom. The van der Waals surface area contributed by atoms with Crippen molar-refractivity contribution in [2.24, 2.45) is 5.73 Å². The molecule has 4 heteroatoms. The molecular weight excluding hydrogens is 212 g/mol. The Morgan fingerprint density at radius 1 is 1.31 bits per heavy atom. The number of alkyl halides is 2. The summed E-state index contributed by atoms with van der Waals surface area (Å²) < 4.78 is 25.4. The Bertz CT molecular complexity index is 354. The van der Waals surface area contributed by atoms with E-state index in [4.69, 9.17) is 5.73 Å². The minimum atomic E-state index is -2.72. The van der Waals surface area contributed by atoms with E-state index in [0.29, 0.717) is 17.7 Å². The Hall–Kier alpha value is -1.29. The zero-order valence-corrected chi connectivity index (χ0v) is 9.17. The lowest BCUT2D eigenvalue weighted by Crippen LogP contribution is -2.13. The summed E-state index contributed by atoms with van der Waals surface area (Å²) in [6.07, 6.45) is -0.0261. The number of hydrogen-bond acceptors (Lipinski definition) is 2. The van der Waals surface area contributed by atoms with Gasteiger partial charge in [0.1, 0.15) is 0 Å². The summed E-state index contributed by atoms with van der Waals surface area (Å²) in [7, 11) is 0. The van der Waals surface area contributed by atoms with Crippen molar-refractivity contribution in [1.29, 1.82) is 0 Å². The highest BCUT2D eigenvalue weighted by Gasteiger charge is 2.21. The summed E-state index contributed by atoms with van der Waals surface area (Å²) in [5.74, 6) is -2.78. The third-order valence-corrected chi connectivity index (χ3v) is 2.16. The molecular formula is C12H15F2NO. The number of rotatable bonds is 5. The van der Waals surface area contributed by atoms with Crippen LogP contribution in [0.25, 0.3) is 0 Å². The van der Waals surface area contributed by atoms with Crippen molar-refractivity contribution in [1.82, 2.24) is 0 Å². The summed E-state index contributed by atoms with van der Waals surface area (Å²) in [5.41, 5.74) is 6.31. The number of halogens is 2. The molecule has 0 unspecified atom stereocenters. The monoisotopic (exact) mass is 227 g/mol. The molecule has 0 saturated carbocycles. The van der Waals surface area contributed by atoms with Crippen LogP contribution in [0.2, 0.25) is 0 Å². The number of nitrogens with two attached hydrogens (primary N) is 1. The molecule has 0 atom stereocenters. The molecule has 0 aliphatic heterocycles. The zero-order chi connectivity index (χ0) is 12.2. The summed E-state index contributed by atoms with van der Waals surface area (Å²) in [6, 6.07) is 6.25. The molecule has 0 aromatic heterocycles. The minimum Gasteiger partial charge on any atom is -0.330 e. The summed E-state index contributed by atoms with van der Waals surface area (Å²) >= 11 is 0. The molecule has 1 aromatic carbocycles. The first-order valence-electron chi connectivity index (χ1n) is 5.12. The third kappa shape index (κ3) is 4.06. The van der Waals surface area contributed by atoms with E-state index in [1.54, 1.807) is 24.3 Å². The van der Waals surface area contributed by atoms with Gasteiger partial charge in [-0.3, -0.25) is 4.79 Å². The van der Waals surface area contributed by atoms with Gasteiger partial charge in [-0.05, 0) is 19.0 Å². The van der Waals surface area contributed by atoms with Gasteiger partial charge in [-0.15, -0.1) is 0 Å². The summed E-state index contributed by atoms with van der Waals surface area (Å²) in [5, 5.41) is 0. The van der Waals surface area contributed by atoms with E-state index in [9.17, 15) is 13.6 Å². The van der Waals surface area contributed by atoms with Gasteiger partial charge in [0.2, 0.25) is 5.92 Å². The SMILES string of the molecule is CC(F)(F)Cc1ccc(C(=O)CCN)cc1. The van der Waals surface area contributed by atoms with E-state index in [-0.39, 0.29) is 18.6 Å². The van der Waals surface area contributed by atoms with Crippen molar-refractivity contribution in [3.8, 4) is 0 Å². The second kappa shape index (κ2) is 5.16. The van der Waals surface area contributed by atoms with Crippen LogP contribution in [0.5, 0.6) is 0 Å². The van der Waals surface area contributed by atoms with Gasteiger partial charge >= 0.3 is 0 Å². The van der Waals surface area contributed by atoms with Crippen molar-refractivity contribution in [3.05, 3.63) is 35.4 Å². The fourth-order valence-corrected chi connectivity index (χ4v) is 1.44. The smallest absolute Gasteiger partial charge is 0.249 e. The minimum absolute atomic E-state index is 0.0580. The molecule has 2 N–H and O–H groups in total. The average molecular weight is 227 g/mol. The first-order valence-corrected chi connectivity index (χ1v) is 5.12. The van der Waals surface area contributed by atoms with Crippen LogP contribution in [-0.2, 0) is 6.42 Å². The van der Waals surface area contributed by atoms with Crippen LogP contribution >= 0.6 is 0 Å². The molecule has 0 heterocycles. The normalized spacial score (nSPS) is 11.5. The maximum absolute atomic E-state index is 12.7. The van der Waals surface area contributed by atoms with Gasteiger partial charge in [-0.1, -0.05) is 24.3 Å². The summed E-state index contributed by atoms with van der Waals surface area (Å²) in [6.45, 7) is 1.17. The molecule has 0 spiro atoms. The molecule has 0 amide bonds. The molecule has 0 saturated heterocycles. The van der Waals surface area contributed by atoms with Crippen molar-refractivity contribution < 1.29 is 13.6 Å². The fraction of sp³-hybridized carbons (Fsp3) is 0.417. The van der Waals surface area contributed by atoms with Crippen LogP contribution in [-0.4, -0.2) is 18.3 Å². The van der Waals surface area contributed by atoms with Gasteiger partial charge in [0.25, 0.3) is 0 Å². The number of benzene rings is 1. The van der Waals surface area contributed by atoms with Crippen LogP contribution in [0, 0.1) is 0 Å². The van der Waals surface area contributed by atoms with Gasteiger partial charge < -0.3 is 5.73 Å². The molecule has 0 aliphatic rings. The van der Waals surface area contributed by atoms with Crippen molar-refractivity contribution in [2.75, 3.05) is 6.54 Å². The number of carbonyl (C=O) groups is 1. The van der Waals surface area contributed by atoms with E-state index in [2.05, 4.69) is 0 Å². The third-order valence-electron chi connectivity index (χ3n) is 2.16. The average Bonchev–Trinajstić information content (AvgIpc) is 2.16. The second-order valence-electron chi connectivity index (χ2n) is 3.91. The van der Waals surface area contributed by atoms with Gasteiger partial charge in [-0.2, -0.15) is 0 Å². The van der Waals surface area contributed by atoms with Crippen molar-refractivity contribution in [3.63, 3.8) is 0 Å². The quantitative estimate of drug-likeness (QED) is 0.785. The van der Waals surface area contributed by atoms with E-state index in [0.717, 1.165) is 6.92 Å². The van der Waals surface area contributed by atoms with Crippen LogP contribution in [0.1, 0.15) is 29.3 Å². The molecule has 16 heavy (non-hydrogen) atoms. The molecule has 0 bridgehead atoms. The van der Waals surface area contributed by atoms with Gasteiger partial charge in [-0.25, -0.2) is 8.78 Å². The number of carbonyl (C=O) groups excluding carboxylic acids is 1.